The van der Waals surface area contributed by atoms with E-state index in [2.05, 4.69) is 30.0 Å². The van der Waals surface area contributed by atoms with Crippen LogP contribution in [0.25, 0.3) is 0 Å². The fourth-order valence-corrected chi connectivity index (χ4v) is 7.20. The van der Waals surface area contributed by atoms with E-state index in [9.17, 15) is 4.79 Å². The number of ketones is 1. The zero-order chi connectivity index (χ0) is 19.5. The Balaban J connectivity index is 1.67. The lowest BCUT2D eigenvalue weighted by Gasteiger charge is -2.67. The van der Waals surface area contributed by atoms with Gasteiger partial charge in [-0.1, -0.05) is 19.4 Å². The number of carbonyl (C=O) groups excluding carboxylic acids is 1. The van der Waals surface area contributed by atoms with Crippen LogP contribution in [-0.4, -0.2) is 49.6 Å². The summed E-state index contributed by atoms with van der Waals surface area (Å²) in [5.74, 6) is 2.35. The molecule has 0 N–H and O–H groups in total. The number of benzene rings is 1. The number of methoxy groups -OCH3 is 2. The van der Waals surface area contributed by atoms with Crippen molar-refractivity contribution in [2.75, 3.05) is 27.3 Å². The lowest BCUT2D eigenvalue weighted by molar-refractivity contribution is -0.211. The fraction of sp³-hybridized carbons (Fsp3) is 0.708. The van der Waals surface area contributed by atoms with E-state index in [4.69, 9.17) is 9.47 Å². The number of rotatable bonds is 4. The number of piperidine rings is 1. The van der Waals surface area contributed by atoms with Gasteiger partial charge in [0.1, 0.15) is 11.5 Å². The van der Waals surface area contributed by atoms with Crippen LogP contribution < -0.4 is 4.74 Å². The Morgan fingerprint density at radius 1 is 1.21 bits per heavy atom. The summed E-state index contributed by atoms with van der Waals surface area (Å²) in [5, 5.41) is 0. The van der Waals surface area contributed by atoms with Crippen molar-refractivity contribution in [1.29, 1.82) is 0 Å². The van der Waals surface area contributed by atoms with Crippen molar-refractivity contribution < 1.29 is 14.3 Å². The van der Waals surface area contributed by atoms with Gasteiger partial charge in [-0.05, 0) is 67.3 Å². The molecule has 4 atom stereocenters. The van der Waals surface area contributed by atoms with Gasteiger partial charge in [0, 0.05) is 38.0 Å². The standard InChI is InChI=1S/C24H33NO3/c1-16-11-19(26)14-23-9-10-25(15-17-5-4-6-17)22(24(16,23)28-3)12-18-7-8-20(27-2)13-21(18)23/h7-8,13,16-17,22H,4-6,9-12,14-15H2,1-3H3/t16-,22-,23-,24?/m1/s1. The number of carbonyl (C=O) groups is 1. The summed E-state index contributed by atoms with van der Waals surface area (Å²) < 4.78 is 12.1. The molecule has 4 aliphatic rings. The van der Waals surface area contributed by atoms with Crippen molar-refractivity contribution >= 4 is 5.78 Å². The molecule has 4 heteroatoms. The predicted molar refractivity (Wildman–Crippen MR) is 109 cm³/mol. The lowest BCUT2D eigenvalue weighted by atomic mass is 9.46. The molecule has 1 aromatic rings. The highest BCUT2D eigenvalue weighted by molar-refractivity contribution is 5.83. The molecule has 1 aromatic carbocycles. The largest absolute Gasteiger partial charge is 0.497 e. The van der Waals surface area contributed by atoms with Gasteiger partial charge in [-0.15, -0.1) is 0 Å². The van der Waals surface area contributed by atoms with Crippen LogP contribution in [0.15, 0.2) is 18.2 Å². The van der Waals surface area contributed by atoms with Crippen molar-refractivity contribution in [3.8, 4) is 5.75 Å². The minimum absolute atomic E-state index is 0.223. The summed E-state index contributed by atoms with van der Waals surface area (Å²) in [7, 11) is 3.62. The lowest BCUT2D eigenvalue weighted by Crippen LogP contribution is -2.76. The second-order valence-corrected chi connectivity index (χ2v) is 9.68. The Morgan fingerprint density at radius 2 is 2.04 bits per heavy atom. The highest BCUT2D eigenvalue weighted by Crippen LogP contribution is 2.61. The molecule has 5 rings (SSSR count). The fourth-order valence-electron chi connectivity index (χ4n) is 7.20. The zero-order valence-electron chi connectivity index (χ0n) is 17.5. The SMILES string of the molecule is COc1ccc2c(c1)[C@]13CCN(CC4CCC4)[C@H](C2)C1(OC)[C@H](C)CC(=O)C3. The minimum Gasteiger partial charge on any atom is -0.497 e. The molecule has 0 aromatic heterocycles. The first kappa shape index (κ1) is 18.6. The highest BCUT2D eigenvalue weighted by Gasteiger charge is 2.68. The van der Waals surface area contributed by atoms with Crippen LogP contribution in [0.4, 0.5) is 0 Å². The first-order valence-corrected chi connectivity index (χ1v) is 11.0. The summed E-state index contributed by atoms with van der Waals surface area (Å²) in [6.45, 7) is 4.52. The van der Waals surface area contributed by atoms with Gasteiger partial charge >= 0.3 is 0 Å². The van der Waals surface area contributed by atoms with Crippen molar-refractivity contribution in [2.24, 2.45) is 11.8 Å². The number of fused-ring (bicyclic) bond motifs is 1. The quantitative estimate of drug-likeness (QED) is 0.794. The molecular weight excluding hydrogens is 350 g/mol. The highest BCUT2D eigenvalue weighted by atomic mass is 16.5. The summed E-state index contributed by atoms with van der Waals surface area (Å²) in [6, 6.07) is 6.87. The topological polar surface area (TPSA) is 38.8 Å². The Bertz CT molecular complexity index is 788. The van der Waals surface area contributed by atoms with Crippen LogP contribution in [0.2, 0.25) is 0 Å². The van der Waals surface area contributed by atoms with E-state index >= 15 is 0 Å². The van der Waals surface area contributed by atoms with E-state index < -0.39 is 0 Å². The molecule has 1 heterocycles. The molecular formula is C24H33NO3. The van der Waals surface area contributed by atoms with E-state index in [-0.39, 0.29) is 16.9 Å². The van der Waals surface area contributed by atoms with Gasteiger partial charge in [0.05, 0.1) is 12.7 Å². The van der Waals surface area contributed by atoms with E-state index in [1.807, 2.05) is 7.11 Å². The van der Waals surface area contributed by atoms with Crippen molar-refractivity contribution in [3.63, 3.8) is 0 Å². The van der Waals surface area contributed by atoms with Crippen LogP contribution in [0.5, 0.6) is 5.75 Å². The average molecular weight is 384 g/mol. The third-order valence-corrected chi connectivity index (χ3v) is 8.58. The predicted octanol–water partition coefficient (Wildman–Crippen LogP) is 3.75. The zero-order valence-corrected chi connectivity index (χ0v) is 17.5. The molecule has 0 amide bonds. The summed E-state index contributed by atoms with van der Waals surface area (Å²) >= 11 is 0. The average Bonchev–Trinajstić information content (AvgIpc) is 2.65. The van der Waals surface area contributed by atoms with E-state index in [1.54, 1.807) is 7.11 Å². The number of hydrogen-bond donors (Lipinski definition) is 0. The monoisotopic (exact) mass is 383 g/mol. The van der Waals surface area contributed by atoms with Crippen LogP contribution in [0, 0.1) is 11.8 Å². The summed E-state index contributed by atoms with van der Waals surface area (Å²) in [6.07, 6.45) is 7.39. The van der Waals surface area contributed by atoms with Crippen molar-refractivity contribution in [1.82, 2.24) is 4.90 Å². The number of Topliss-reactive ketones (excluding diaryl/α,β-unsaturated/α-hetero) is 1. The third kappa shape index (κ3) is 2.34. The van der Waals surface area contributed by atoms with Crippen LogP contribution in [0.3, 0.4) is 0 Å². The molecule has 1 saturated heterocycles. The van der Waals surface area contributed by atoms with Gasteiger partial charge in [0.15, 0.2) is 0 Å². The molecule has 0 spiro atoms. The first-order valence-electron chi connectivity index (χ1n) is 11.0. The normalized spacial score (nSPS) is 37.8. The Hall–Kier alpha value is -1.39. The van der Waals surface area contributed by atoms with E-state index in [1.165, 1.54) is 36.9 Å². The molecule has 2 bridgehead atoms. The van der Waals surface area contributed by atoms with Gasteiger partial charge in [-0.25, -0.2) is 0 Å². The maximum Gasteiger partial charge on any atom is 0.134 e. The van der Waals surface area contributed by atoms with Crippen LogP contribution in [-0.2, 0) is 21.4 Å². The molecule has 2 saturated carbocycles. The van der Waals surface area contributed by atoms with Gasteiger partial charge in [-0.2, -0.15) is 0 Å². The van der Waals surface area contributed by atoms with Gasteiger partial charge in [0.25, 0.3) is 0 Å². The molecule has 28 heavy (non-hydrogen) atoms. The van der Waals surface area contributed by atoms with Crippen molar-refractivity contribution in [3.05, 3.63) is 29.3 Å². The minimum atomic E-state index is -0.289. The number of nitrogens with zero attached hydrogens (tertiary/aromatic N) is 1. The molecule has 152 valence electrons. The molecule has 0 radical (unpaired) electrons. The Morgan fingerprint density at radius 3 is 2.71 bits per heavy atom. The van der Waals surface area contributed by atoms with Gasteiger partial charge in [0.2, 0.25) is 0 Å². The van der Waals surface area contributed by atoms with Crippen LogP contribution in [0.1, 0.15) is 56.6 Å². The number of likely N-dealkylation sites (tertiary alicyclic amines) is 1. The summed E-state index contributed by atoms with van der Waals surface area (Å²) in [4.78, 5) is 15.6. The molecule has 4 nitrogen and oxygen atoms in total. The maximum absolute atomic E-state index is 12.9. The first-order chi connectivity index (χ1) is 13.5. The molecule has 1 unspecified atom stereocenters. The Labute approximate surface area is 168 Å². The van der Waals surface area contributed by atoms with E-state index in [0.717, 1.165) is 31.1 Å². The Kier molecular flexibility index (Phi) is 4.37. The molecule has 3 fully saturated rings. The number of ether oxygens (including phenoxy) is 2. The summed E-state index contributed by atoms with van der Waals surface area (Å²) in [5.41, 5.74) is 2.19. The van der Waals surface area contributed by atoms with Crippen molar-refractivity contribution in [2.45, 2.75) is 68.9 Å². The molecule has 3 aliphatic carbocycles. The third-order valence-electron chi connectivity index (χ3n) is 8.58. The maximum atomic E-state index is 12.9. The second kappa shape index (κ2) is 6.56. The second-order valence-electron chi connectivity index (χ2n) is 9.68. The number of hydrogen-bond acceptors (Lipinski definition) is 4. The smallest absolute Gasteiger partial charge is 0.134 e. The van der Waals surface area contributed by atoms with E-state index in [0.29, 0.717) is 24.7 Å². The van der Waals surface area contributed by atoms with Gasteiger partial charge in [-0.3, -0.25) is 9.69 Å². The molecule has 1 aliphatic heterocycles. The van der Waals surface area contributed by atoms with Gasteiger partial charge < -0.3 is 9.47 Å². The van der Waals surface area contributed by atoms with Crippen LogP contribution >= 0.6 is 0 Å².